The van der Waals surface area contributed by atoms with Crippen LogP contribution in [0.2, 0.25) is 5.02 Å². The van der Waals surface area contributed by atoms with Crippen molar-refractivity contribution in [2.45, 2.75) is 26.8 Å². The molecule has 7 heteroatoms. The Balaban J connectivity index is 1.85. The van der Waals surface area contributed by atoms with Crippen molar-refractivity contribution < 1.29 is 19.4 Å². The van der Waals surface area contributed by atoms with Gasteiger partial charge in [-0.2, -0.15) is 0 Å². The van der Waals surface area contributed by atoms with Crippen molar-refractivity contribution in [2.24, 2.45) is 0 Å². The standard InChI is InChI=1S/C29H25ClN2O4/c1-15-11-16(2)13-18(12-15)32-26(24-17(3)31-23-8-6-5-7-20(23)24)25(28(34)29(32)35)27(33)21-14-19(36-4)9-10-22(21)30/h5-14,26,31,33H,1-4H3/b27-25+. The molecule has 1 aliphatic rings. The van der Waals surface area contributed by atoms with Gasteiger partial charge in [-0.25, -0.2) is 0 Å². The van der Waals surface area contributed by atoms with Gasteiger partial charge in [0.05, 0.1) is 23.7 Å². The normalized spacial score (nSPS) is 17.2. The first kappa shape index (κ1) is 23.7. The summed E-state index contributed by atoms with van der Waals surface area (Å²) in [6.45, 7) is 5.78. The number of amides is 1. The number of aryl methyl sites for hydroxylation is 3. The molecule has 0 aliphatic carbocycles. The first-order valence-electron chi connectivity index (χ1n) is 11.5. The Bertz CT molecular complexity index is 1560. The number of methoxy groups -OCH3 is 1. The van der Waals surface area contributed by atoms with Crippen molar-refractivity contribution in [3.05, 3.63) is 99.2 Å². The number of H-pyrrole nitrogens is 1. The molecule has 1 aliphatic heterocycles. The number of aliphatic hydroxyl groups is 1. The Morgan fingerprint density at radius 2 is 1.69 bits per heavy atom. The number of benzene rings is 3. The zero-order valence-electron chi connectivity index (χ0n) is 20.3. The summed E-state index contributed by atoms with van der Waals surface area (Å²) in [7, 11) is 1.50. The molecule has 1 fully saturated rings. The maximum atomic E-state index is 13.6. The van der Waals surface area contributed by atoms with Gasteiger partial charge in [-0.1, -0.05) is 35.9 Å². The van der Waals surface area contributed by atoms with E-state index in [0.717, 1.165) is 33.3 Å². The topological polar surface area (TPSA) is 82.6 Å². The molecular weight excluding hydrogens is 476 g/mol. The lowest BCUT2D eigenvalue weighted by molar-refractivity contribution is -0.132. The highest BCUT2D eigenvalue weighted by Gasteiger charge is 2.48. The van der Waals surface area contributed by atoms with Crippen molar-refractivity contribution in [2.75, 3.05) is 12.0 Å². The number of fused-ring (bicyclic) bond motifs is 1. The van der Waals surface area contributed by atoms with Crippen molar-refractivity contribution >= 4 is 45.6 Å². The fourth-order valence-electron chi connectivity index (χ4n) is 5.07. The molecule has 1 unspecified atom stereocenters. The van der Waals surface area contributed by atoms with E-state index in [0.29, 0.717) is 11.4 Å². The number of carbonyl (C=O) groups is 2. The minimum atomic E-state index is -0.871. The first-order chi connectivity index (χ1) is 17.2. The fourth-order valence-corrected chi connectivity index (χ4v) is 5.28. The minimum Gasteiger partial charge on any atom is -0.507 e. The molecule has 36 heavy (non-hydrogen) atoms. The van der Waals surface area contributed by atoms with Gasteiger partial charge in [0.25, 0.3) is 11.7 Å². The van der Waals surface area contributed by atoms with Gasteiger partial charge in [0.15, 0.2) is 0 Å². The van der Waals surface area contributed by atoms with E-state index in [1.54, 1.807) is 18.2 Å². The highest BCUT2D eigenvalue weighted by atomic mass is 35.5. The summed E-state index contributed by atoms with van der Waals surface area (Å²) >= 11 is 6.44. The van der Waals surface area contributed by atoms with Crippen LogP contribution < -0.4 is 9.64 Å². The Hall–Kier alpha value is -4.03. The van der Waals surface area contributed by atoms with Crippen molar-refractivity contribution in [3.8, 4) is 5.75 Å². The summed E-state index contributed by atoms with van der Waals surface area (Å²) in [5.74, 6) is -1.38. The van der Waals surface area contributed by atoms with Crippen LogP contribution in [0.1, 0.15) is 34.0 Å². The maximum Gasteiger partial charge on any atom is 0.300 e. The minimum absolute atomic E-state index is 0.0258. The average molecular weight is 501 g/mol. The number of aromatic amines is 1. The molecule has 2 N–H and O–H groups in total. The highest BCUT2D eigenvalue weighted by molar-refractivity contribution is 6.52. The number of hydrogen-bond donors (Lipinski definition) is 2. The summed E-state index contributed by atoms with van der Waals surface area (Å²) in [6, 6.07) is 17.4. The molecule has 0 spiro atoms. The lowest BCUT2D eigenvalue weighted by Gasteiger charge is -2.26. The molecule has 182 valence electrons. The Morgan fingerprint density at radius 1 is 1.00 bits per heavy atom. The molecule has 0 bridgehead atoms. The predicted molar refractivity (Wildman–Crippen MR) is 142 cm³/mol. The largest absolute Gasteiger partial charge is 0.507 e. The van der Waals surface area contributed by atoms with Gasteiger partial charge in [0, 0.05) is 33.4 Å². The van der Waals surface area contributed by atoms with Gasteiger partial charge in [-0.3, -0.25) is 14.5 Å². The van der Waals surface area contributed by atoms with E-state index in [1.165, 1.54) is 12.0 Å². The number of carbonyl (C=O) groups excluding carboxylic acids is 2. The van der Waals surface area contributed by atoms with E-state index < -0.39 is 17.7 Å². The lowest BCUT2D eigenvalue weighted by Crippen LogP contribution is -2.29. The highest BCUT2D eigenvalue weighted by Crippen LogP contribution is 2.46. The molecule has 6 nitrogen and oxygen atoms in total. The first-order valence-corrected chi connectivity index (χ1v) is 11.9. The third-order valence-electron chi connectivity index (χ3n) is 6.57. The number of halogens is 1. The number of nitrogens with one attached hydrogen (secondary N) is 1. The molecule has 3 aromatic carbocycles. The zero-order chi connectivity index (χ0) is 25.7. The molecule has 0 saturated carbocycles. The maximum absolute atomic E-state index is 13.6. The monoisotopic (exact) mass is 500 g/mol. The Kier molecular flexibility index (Phi) is 5.85. The van der Waals surface area contributed by atoms with Gasteiger partial charge in [-0.05, 0) is 68.3 Å². The zero-order valence-corrected chi connectivity index (χ0v) is 21.1. The smallest absolute Gasteiger partial charge is 0.300 e. The SMILES string of the molecule is COc1ccc(Cl)c(/C(O)=C2\C(=O)C(=O)N(c3cc(C)cc(C)c3)C2c2c(C)[nH]c3ccccc23)c1. The van der Waals surface area contributed by atoms with Crippen LogP contribution >= 0.6 is 11.6 Å². The summed E-state index contributed by atoms with van der Waals surface area (Å²) in [5.41, 5.74) is 5.09. The molecule has 5 rings (SSSR count). The summed E-state index contributed by atoms with van der Waals surface area (Å²) in [4.78, 5) is 32.0. The molecule has 1 amide bonds. The second-order valence-electron chi connectivity index (χ2n) is 9.07. The van der Waals surface area contributed by atoms with Gasteiger partial charge < -0.3 is 14.8 Å². The number of ketones is 1. The number of ether oxygens (including phenoxy) is 1. The number of hydrogen-bond acceptors (Lipinski definition) is 4. The van der Waals surface area contributed by atoms with E-state index in [2.05, 4.69) is 4.98 Å². The van der Waals surface area contributed by atoms with E-state index >= 15 is 0 Å². The van der Waals surface area contributed by atoms with Crippen LogP contribution in [-0.2, 0) is 9.59 Å². The summed E-state index contributed by atoms with van der Waals surface area (Å²) in [6.07, 6.45) is 0. The van der Waals surface area contributed by atoms with Crippen LogP contribution in [0.25, 0.3) is 16.7 Å². The van der Waals surface area contributed by atoms with Gasteiger partial charge in [-0.15, -0.1) is 0 Å². The number of rotatable bonds is 4. The van der Waals surface area contributed by atoms with Gasteiger partial charge >= 0.3 is 0 Å². The van der Waals surface area contributed by atoms with Gasteiger partial charge in [0.2, 0.25) is 0 Å². The number of aliphatic hydroxyl groups excluding tert-OH is 1. The molecule has 1 saturated heterocycles. The van der Waals surface area contributed by atoms with Crippen LogP contribution in [0.3, 0.4) is 0 Å². The Morgan fingerprint density at radius 3 is 2.39 bits per heavy atom. The van der Waals surface area contributed by atoms with E-state index in [-0.39, 0.29) is 21.9 Å². The quantitative estimate of drug-likeness (QED) is 0.193. The number of anilines is 1. The predicted octanol–water partition coefficient (Wildman–Crippen LogP) is 6.38. The molecule has 4 aromatic rings. The molecule has 1 aromatic heterocycles. The number of aromatic nitrogens is 1. The third kappa shape index (κ3) is 3.74. The molecule has 0 radical (unpaired) electrons. The number of para-hydroxylation sites is 1. The van der Waals surface area contributed by atoms with E-state index in [1.807, 2.05) is 63.2 Å². The van der Waals surface area contributed by atoms with Gasteiger partial charge in [0.1, 0.15) is 11.5 Å². The molecule has 2 heterocycles. The van der Waals surface area contributed by atoms with Crippen LogP contribution in [-0.4, -0.2) is 28.9 Å². The molecular formula is C29H25ClN2O4. The number of nitrogens with zero attached hydrogens (tertiary/aromatic N) is 1. The van der Waals surface area contributed by atoms with Crippen molar-refractivity contribution in [1.82, 2.24) is 4.98 Å². The van der Waals surface area contributed by atoms with E-state index in [4.69, 9.17) is 16.3 Å². The van der Waals surface area contributed by atoms with Crippen LogP contribution in [0.15, 0.2) is 66.2 Å². The Labute approximate surface area is 213 Å². The van der Waals surface area contributed by atoms with Crippen LogP contribution in [0.5, 0.6) is 5.75 Å². The summed E-state index contributed by atoms with van der Waals surface area (Å²) in [5, 5.41) is 12.6. The lowest BCUT2D eigenvalue weighted by atomic mass is 9.93. The molecule has 1 atom stereocenters. The van der Waals surface area contributed by atoms with E-state index in [9.17, 15) is 14.7 Å². The second-order valence-corrected chi connectivity index (χ2v) is 9.48. The van der Waals surface area contributed by atoms with Crippen molar-refractivity contribution in [3.63, 3.8) is 0 Å². The van der Waals surface area contributed by atoms with Crippen molar-refractivity contribution in [1.29, 1.82) is 0 Å². The average Bonchev–Trinajstić information content (AvgIpc) is 3.30. The third-order valence-corrected chi connectivity index (χ3v) is 6.90. The summed E-state index contributed by atoms with van der Waals surface area (Å²) < 4.78 is 5.30. The number of Topliss-reactive ketones (excluding diaryl/α,β-unsaturated/α-hetero) is 1. The van der Waals surface area contributed by atoms with Crippen LogP contribution in [0, 0.1) is 20.8 Å². The second kappa shape index (κ2) is 8.88. The van der Waals surface area contributed by atoms with Crippen LogP contribution in [0.4, 0.5) is 5.69 Å². The fraction of sp³-hybridized carbons (Fsp3) is 0.172.